The predicted molar refractivity (Wildman–Crippen MR) is 74.3 cm³/mol. The summed E-state index contributed by atoms with van der Waals surface area (Å²) in [7, 11) is 1.61. The van der Waals surface area contributed by atoms with Crippen LogP contribution in [0.4, 0.5) is 0 Å². The third kappa shape index (κ3) is 4.48. The Balaban J connectivity index is 2.64. The molecule has 0 aliphatic carbocycles. The Bertz CT molecular complexity index is 390. The highest BCUT2D eigenvalue weighted by molar-refractivity contribution is 6.36. The van der Waals surface area contributed by atoms with Crippen molar-refractivity contribution in [3.05, 3.63) is 33.8 Å². The lowest BCUT2D eigenvalue weighted by molar-refractivity contribution is -0.121. The number of hydrogen-bond acceptors (Lipinski definition) is 2. The first-order valence-corrected chi connectivity index (χ1v) is 6.55. The molecule has 0 bridgehead atoms. The van der Waals surface area contributed by atoms with E-state index in [1.807, 2.05) is 6.92 Å². The molecule has 0 aliphatic rings. The Morgan fingerprint density at radius 3 is 2.50 bits per heavy atom. The van der Waals surface area contributed by atoms with Crippen molar-refractivity contribution in [2.24, 2.45) is 0 Å². The first-order chi connectivity index (χ1) is 8.58. The van der Waals surface area contributed by atoms with Crippen molar-refractivity contribution < 1.29 is 9.53 Å². The van der Waals surface area contributed by atoms with E-state index in [4.69, 9.17) is 27.9 Å². The molecule has 0 spiro atoms. The van der Waals surface area contributed by atoms with Crippen LogP contribution in [0, 0.1) is 0 Å². The van der Waals surface area contributed by atoms with Gasteiger partial charge in [-0.1, -0.05) is 36.2 Å². The average molecular weight is 290 g/mol. The number of halogens is 2. The standard InChI is InChI=1S/C13H17Cl2NO2/c1-3-9(8-18-2)16-13(17)7-10-11(14)5-4-6-12(10)15/h4-6,9H,3,7-8H2,1-2H3,(H,16,17). The maximum atomic E-state index is 11.9. The predicted octanol–water partition coefficient (Wildman–Crippen LogP) is 3.08. The summed E-state index contributed by atoms with van der Waals surface area (Å²) in [5.41, 5.74) is 0.658. The average Bonchev–Trinajstić information content (AvgIpc) is 2.33. The first-order valence-electron chi connectivity index (χ1n) is 5.79. The van der Waals surface area contributed by atoms with Gasteiger partial charge in [0.05, 0.1) is 19.1 Å². The summed E-state index contributed by atoms with van der Waals surface area (Å²) in [6, 6.07) is 5.22. The summed E-state index contributed by atoms with van der Waals surface area (Å²) < 4.78 is 5.03. The fourth-order valence-electron chi connectivity index (χ4n) is 1.60. The summed E-state index contributed by atoms with van der Waals surface area (Å²) >= 11 is 12.0. The lowest BCUT2D eigenvalue weighted by Crippen LogP contribution is -2.38. The van der Waals surface area contributed by atoms with Gasteiger partial charge >= 0.3 is 0 Å². The van der Waals surface area contributed by atoms with E-state index >= 15 is 0 Å². The van der Waals surface area contributed by atoms with Crippen molar-refractivity contribution in [2.75, 3.05) is 13.7 Å². The van der Waals surface area contributed by atoms with Crippen LogP contribution in [-0.2, 0) is 16.0 Å². The molecular weight excluding hydrogens is 273 g/mol. The molecule has 0 aromatic heterocycles. The zero-order valence-corrected chi connectivity index (χ0v) is 12.0. The molecule has 0 aliphatic heterocycles. The second-order valence-electron chi connectivity index (χ2n) is 4.01. The molecule has 3 nitrogen and oxygen atoms in total. The van der Waals surface area contributed by atoms with E-state index in [0.717, 1.165) is 6.42 Å². The molecular formula is C13H17Cl2NO2. The highest BCUT2D eigenvalue weighted by Gasteiger charge is 2.14. The van der Waals surface area contributed by atoms with Crippen LogP contribution in [0.15, 0.2) is 18.2 Å². The number of nitrogens with one attached hydrogen (secondary N) is 1. The number of benzene rings is 1. The van der Waals surface area contributed by atoms with Crippen LogP contribution in [0.25, 0.3) is 0 Å². The minimum Gasteiger partial charge on any atom is -0.383 e. The zero-order chi connectivity index (χ0) is 13.5. The Labute approximate surface area is 117 Å². The van der Waals surface area contributed by atoms with E-state index in [1.165, 1.54) is 0 Å². The quantitative estimate of drug-likeness (QED) is 0.874. The normalized spacial score (nSPS) is 12.2. The number of ether oxygens (including phenoxy) is 1. The van der Waals surface area contributed by atoms with Crippen molar-refractivity contribution in [1.82, 2.24) is 5.32 Å². The number of hydrogen-bond donors (Lipinski definition) is 1. The van der Waals surface area contributed by atoms with Crippen molar-refractivity contribution in [1.29, 1.82) is 0 Å². The lowest BCUT2D eigenvalue weighted by Gasteiger charge is -2.16. The van der Waals surface area contributed by atoms with E-state index in [1.54, 1.807) is 25.3 Å². The number of carbonyl (C=O) groups excluding carboxylic acids is 1. The van der Waals surface area contributed by atoms with Crippen molar-refractivity contribution in [2.45, 2.75) is 25.8 Å². The van der Waals surface area contributed by atoms with Gasteiger partial charge in [-0.25, -0.2) is 0 Å². The summed E-state index contributed by atoms with van der Waals surface area (Å²) in [6.07, 6.45) is 0.995. The van der Waals surface area contributed by atoms with Gasteiger partial charge in [-0.05, 0) is 24.1 Å². The molecule has 100 valence electrons. The Morgan fingerprint density at radius 1 is 1.39 bits per heavy atom. The fraction of sp³-hybridized carbons (Fsp3) is 0.462. The van der Waals surface area contributed by atoms with Crippen LogP contribution in [0.5, 0.6) is 0 Å². The molecule has 0 saturated heterocycles. The Hall–Kier alpha value is -0.770. The second-order valence-corrected chi connectivity index (χ2v) is 4.82. The van der Waals surface area contributed by atoms with Gasteiger partial charge in [0.1, 0.15) is 0 Å². The molecule has 1 N–H and O–H groups in total. The molecule has 0 heterocycles. The summed E-state index contributed by atoms with van der Waals surface area (Å²) in [5.74, 6) is -0.103. The van der Waals surface area contributed by atoms with Crippen molar-refractivity contribution in [3.8, 4) is 0 Å². The van der Waals surface area contributed by atoms with Crippen LogP contribution < -0.4 is 5.32 Å². The van der Waals surface area contributed by atoms with E-state index in [0.29, 0.717) is 22.2 Å². The highest BCUT2D eigenvalue weighted by Crippen LogP contribution is 2.24. The number of carbonyl (C=O) groups is 1. The maximum absolute atomic E-state index is 11.9. The number of amides is 1. The van der Waals surface area contributed by atoms with Crippen LogP contribution >= 0.6 is 23.2 Å². The molecule has 1 unspecified atom stereocenters. The summed E-state index contributed by atoms with van der Waals surface area (Å²) in [5, 5.41) is 3.91. The van der Waals surface area contributed by atoms with Gasteiger partial charge in [0.25, 0.3) is 0 Å². The molecule has 1 aromatic carbocycles. The van der Waals surface area contributed by atoms with Gasteiger partial charge in [0, 0.05) is 17.2 Å². The largest absolute Gasteiger partial charge is 0.383 e. The van der Waals surface area contributed by atoms with Crippen LogP contribution in [0.1, 0.15) is 18.9 Å². The smallest absolute Gasteiger partial charge is 0.224 e. The van der Waals surface area contributed by atoms with Crippen LogP contribution in [-0.4, -0.2) is 25.7 Å². The minimum atomic E-state index is -0.103. The molecule has 1 aromatic rings. The molecule has 1 amide bonds. The minimum absolute atomic E-state index is 0.0174. The maximum Gasteiger partial charge on any atom is 0.224 e. The topological polar surface area (TPSA) is 38.3 Å². The molecule has 0 radical (unpaired) electrons. The van der Waals surface area contributed by atoms with Crippen LogP contribution in [0.3, 0.4) is 0 Å². The van der Waals surface area contributed by atoms with Gasteiger partial charge in [0.15, 0.2) is 0 Å². The van der Waals surface area contributed by atoms with E-state index in [2.05, 4.69) is 5.32 Å². The van der Waals surface area contributed by atoms with E-state index < -0.39 is 0 Å². The van der Waals surface area contributed by atoms with Gasteiger partial charge in [0.2, 0.25) is 5.91 Å². The number of rotatable bonds is 6. The third-order valence-corrected chi connectivity index (χ3v) is 3.33. The second kappa shape index (κ2) is 7.62. The van der Waals surface area contributed by atoms with Crippen molar-refractivity contribution in [3.63, 3.8) is 0 Å². The molecule has 1 rings (SSSR count). The monoisotopic (exact) mass is 289 g/mol. The van der Waals surface area contributed by atoms with Gasteiger partial charge < -0.3 is 10.1 Å². The third-order valence-electron chi connectivity index (χ3n) is 2.62. The van der Waals surface area contributed by atoms with Crippen LogP contribution in [0.2, 0.25) is 10.0 Å². The molecule has 0 fully saturated rings. The summed E-state index contributed by atoms with van der Waals surface area (Å²) in [6.45, 7) is 2.49. The Kier molecular flexibility index (Phi) is 6.47. The van der Waals surface area contributed by atoms with Gasteiger partial charge in [-0.3, -0.25) is 4.79 Å². The van der Waals surface area contributed by atoms with E-state index in [-0.39, 0.29) is 18.4 Å². The fourth-order valence-corrected chi connectivity index (χ4v) is 2.13. The van der Waals surface area contributed by atoms with Gasteiger partial charge in [-0.2, -0.15) is 0 Å². The Morgan fingerprint density at radius 2 is 2.00 bits per heavy atom. The van der Waals surface area contributed by atoms with E-state index in [9.17, 15) is 4.79 Å². The molecule has 18 heavy (non-hydrogen) atoms. The lowest BCUT2D eigenvalue weighted by atomic mass is 10.1. The first kappa shape index (κ1) is 15.3. The van der Waals surface area contributed by atoms with Gasteiger partial charge in [-0.15, -0.1) is 0 Å². The van der Waals surface area contributed by atoms with Crippen molar-refractivity contribution >= 4 is 29.1 Å². The zero-order valence-electron chi connectivity index (χ0n) is 10.5. The molecule has 0 saturated carbocycles. The molecule has 1 atom stereocenters. The summed E-state index contributed by atoms with van der Waals surface area (Å²) in [4.78, 5) is 11.9. The SMILES string of the molecule is CCC(COC)NC(=O)Cc1c(Cl)cccc1Cl. The highest BCUT2D eigenvalue weighted by atomic mass is 35.5. The number of methoxy groups -OCH3 is 1. The molecule has 5 heteroatoms.